The maximum absolute atomic E-state index is 10.8. The second kappa shape index (κ2) is 16.3. The van der Waals surface area contributed by atoms with Crippen LogP contribution in [-0.2, 0) is 16.1 Å². The van der Waals surface area contributed by atoms with Crippen molar-refractivity contribution >= 4 is 5.97 Å². The van der Waals surface area contributed by atoms with Gasteiger partial charge in [-0.25, -0.2) is 9.36 Å². The molecule has 0 fully saturated rings. The minimum Gasteiger partial charge on any atom is -1.00 e. The molecule has 0 aliphatic carbocycles. The van der Waals surface area contributed by atoms with Crippen LogP contribution in [0.2, 0.25) is 0 Å². The Morgan fingerprint density at radius 2 is 1.56 bits per heavy atom. The van der Waals surface area contributed by atoms with E-state index in [-0.39, 0.29) is 23.0 Å². The molecule has 0 spiro atoms. The van der Waals surface area contributed by atoms with Crippen LogP contribution >= 0.6 is 0 Å². The lowest BCUT2D eigenvalue weighted by Gasteiger charge is -2.03. The molecule has 0 radical (unpaired) electrons. The summed E-state index contributed by atoms with van der Waals surface area (Å²) >= 11 is 0. The molecular formula is C21H34BrNO2. The average molecular weight is 412 g/mol. The molecule has 1 rings (SSSR count). The molecule has 142 valence electrons. The third-order valence-corrected chi connectivity index (χ3v) is 4.37. The van der Waals surface area contributed by atoms with Gasteiger partial charge in [0.2, 0.25) is 0 Å². The highest BCUT2D eigenvalue weighted by atomic mass is 79.9. The lowest BCUT2D eigenvalue weighted by atomic mass is 10.1. The Balaban J connectivity index is 0.00000576. The predicted octanol–water partition coefficient (Wildman–Crippen LogP) is 1.92. The van der Waals surface area contributed by atoms with E-state index in [9.17, 15) is 4.79 Å². The number of halogens is 1. The number of pyridine rings is 1. The fraction of sp³-hybridized carbons (Fsp3) is 0.619. The van der Waals surface area contributed by atoms with E-state index in [2.05, 4.69) is 42.5 Å². The zero-order valence-electron chi connectivity index (χ0n) is 15.7. The molecule has 0 amide bonds. The largest absolute Gasteiger partial charge is 1.00 e. The Morgan fingerprint density at radius 3 is 2.12 bits per heavy atom. The Morgan fingerprint density at radius 1 is 1.00 bits per heavy atom. The summed E-state index contributed by atoms with van der Waals surface area (Å²) in [6.07, 6.45) is 16.1. The van der Waals surface area contributed by atoms with Gasteiger partial charge < -0.3 is 21.7 Å². The summed E-state index contributed by atoms with van der Waals surface area (Å²) in [6, 6.07) is 6.37. The van der Waals surface area contributed by atoms with E-state index in [1.54, 1.807) is 0 Å². The number of esters is 1. The van der Waals surface area contributed by atoms with Crippen molar-refractivity contribution in [2.45, 2.75) is 77.7 Å². The summed E-state index contributed by atoms with van der Waals surface area (Å²) in [6.45, 7) is 7.22. The second-order valence-electron chi connectivity index (χ2n) is 6.44. The fourth-order valence-electron chi connectivity index (χ4n) is 2.84. The van der Waals surface area contributed by atoms with E-state index >= 15 is 0 Å². The van der Waals surface area contributed by atoms with Gasteiger partial charge in [0.25, 0.3) is 0 Å². The van der Waals surface area contributed by atoms with Gasteiger partial charge in [0.15, 0.2) is 11.9 Å². The fourth-order valence-corrected chi connectivity index (χ4v) is 2.84. The number of unbranched alkanes of at least 4 members (excludes halogenated alkanes) is 9. The molecule has 1 heterocycles. The standard InChI is InChI=1S/C21H34NO2.BrH/c1-3-21(23)24-19-15-11-9-7-5-4-6-8-10-13-17-22-18-14-12-16-20(22)2;/h3,12,14,16,18H,1,4-11,13,15,17,19H2,2H3;1H/q+1;/p-1. The Bertz CT molecular complexity index is 477. The van der Waals surface area contributed by atoms with Crippen LogP contribution in [0.1, 0.15) is 69.9 Å². The quantitative estimate of drug-likeness (QED) is 0.202. The van der Waals surface area contributed by atoms with Crippen LogP contribution in [0.25, 0.3) is 0 Å². The van der Waals surface area contributed by atoms with Crippen molar-refractivity contribution in [3.05, 3.63) is 42.7 Å². The van der Waals surface area contributed by atoms with Crippen LogP contribution in [0.4, 0.5) is 0 Å². The van der Waals surface area contributed by atoms with Crippen molar-refractivity contribution in [1.29, 1.82) is 0 Å². The molecule has 4 heteroatoms. The summed E-state index contributed by atoms with van der Waals surface area (Å²) < 4.78 is 7.29. The number of hydrogen-bond acceptors (Lipinski definition) is 2. The molecule has 0 N–H and O–H groups in total. The van der Waals surface area contributed by atoms with E-state index in [1.807, 2.05) is 0 Å². The van der Waals surface area contributed by atoms with Crippen molar-refractivity contribution < 1.29 is 31.1 Å². The molecule has 0 bridgehead atoms. The number of rotatable bonds is 14. The average Bonchev–Trinajstić information content (AvgIpc) is 2.60. The zero-order valence-corrected chi connectivity index (χ0v) is 17.3. The van der Waals surface area contributed by atoms with Gasteiger partial charge in [-0.05, 0) is 12.8 Å². The van der Waals surface area contributed by atoms with E-state index in [4.69, 9.17) is 4.74 Å². The van der Waals surface area contributed by atoms with Gasteiger partial charge in [-0.15, -0.1) is 0 Å². The van der Waals surface area contributed by atoms with Crippen molar-refractivity contribution in [2.24, 2.45) is 0 Å². The van der Waals surface area contributed by atoms with Gasteiger partial charge in [0.05, 0.1) is 6.61 Å². The molecule has 0 atom stereocenters. The molecule has 0 saturated carbocycles. The first-order valence-electron chi connectivity index (χ1n) is 9.48. The molecule has 25 heavy (non-hydrogen) atoms. The molecule has 0 saturated heterocycles. The summed E-state index contributed by atoms with van der Waals surface area (Å²) in [5, 5.41) is 0. The van der Waals surface area contributed by atoms with Crippen molar-refractivity contribution in [2.75, 3.05) is 6.61 Å². The molecule has 3 nitrogen and oxygen atoms in total. The smallest absolute Gasteiger partial charge is 0.330 e. The first-order valence-corrected chi connectivity index (χ1v) is 9.48. The van der Waals surface area contributed by atoms with Crippen molar-refractivity contribution in [3.63, 3.8) is 0 Å². The van der Waals surface area contributed by atoms with Crippen LogP contribution in [0.3, 0.4) is 0 Å². The number of aryl methyl sites for hydroxylation is 2. The predicted molar refractivity (Wildman–Crippen MR) is 98.7 cm³/mol. The lowest BCUT2D eigenvalue weighted by Crippen LogP contribution is -3.00. The summed E-state index contributed by atoms with van der Waals surface area (Å²) in [7, 11) is 0. The minimum atomic E-state index is -0.309. The van der Waals surface area contributed by atoms with Crippen LogP contribution < -0.4 is 21.5 Å². The molecular weight excluding hydrogens is 378 g/mol. The topological polar surface area (TPSA) is 30.2 Å². The number of carbonyl (C=O) groups is 1. The summed E-state index contributed by atoms with van der Waals surface area (Å²) in [5.74, 6) is -0.309. The lowest BCUT2D eigenvalue weighted by molar-refractivity contribution is -0.703. The SMILES string of the molecule is C=CC(=O)OCCCCCCCCCCCC[n+]1ccccc1C.[Br-]. The van der Waals surface area contributed by atoms with E-state index in [1.165, 1.54) is 63.1 Å². The normalized spacial score (nSPS) is 10.1. The van der Waals surface area contributed by atoms with Crippen molar-refractivity contribution in [1.82, 2.24) is 0 Å². The number of carbonyl (C=O) groups excluding carboxylic acids is 1. The Hall–Kier alpha value is -1.16. The van der Waals surface area contributed by atoms with E-state index in [0.29, 0.717) is 6.61 Å². The van der Waals surface area contributed by atoms with E-state index < -0.39 is 0 Å². The maximum atomic E-state index is 10.8. The highest BCUT2D eigenvalue weighted by Gasteiger charge is 2.03. The third-order valence-electron chi connectivity index (χ3n) is 4.37. The summed E-state index contributed by atoms with van der Waals surface area (Å²) in [4.78, 5) is 10.8. The van der Waals surface area contributed by atoms with Gasteiger partial charge in [0, 0.05) is 31.6 Å². The summed E-state index contributed by atoms with van der Waals surface area (Å²) in [5.41, 5.74) is 1.34. The van der Waals surface area contributed by atoms with E-state index in [0.717, 1.165) is 19.4 Å². The molecule has 1 aromatic rings. The number of ether oxygens (including phenoxy) is 1. The Kier molecular flexibility index (Phi) is 15.6. The zero-order chi connectivity index (χ0) is 17.5. The molecule has 0 unspecified atom stereocenters. The first kappa shape index (κ1) is 23.8. The molecule has 0 aliphatic heterocycles. The van der Waals surface area contributed by atoms with Gasteiger partial charge in [-0.1, -0.05) is 57.6 Å². The highest BCUT2D eigenvalue weighted by molar-refractivity contribution is 5.81. The van der Waals surface area contributed by atoms with Gasteiger partial charge in [0.1, 0.15) is 6.54 Å². The number of hydrogen-bond donors (Lipinski definition) is 0. The Labute approximate surface area is 164 Å². The van der Waals surface area contributed by atoms with Crippen LogP contribution in [0.5, 0.6) is 0 Å². The van der Waals surface area contributed by atoms with Crippen LogP contribution in [0, 0.1) is 6.92 Å². The molecule has 0 aromatic carbocycles. The second-order valence-corrected chi connectivity index (χ2v) is 6.44. The third kappa shape index (κ3) is 12.8. The molecule has 1 aromatic heterocycles. The minimum absolute atomic E-state index is 0. The maximum Gasteiger partial charge on any atom is 0.330 e. The van der Waals surface area contributed by atoms with Gasteiger partial charge in [-0.3, -0.25) is 0 Å². The van der Waals surface area contributed by atoms with Crippen LogP contribution in [-0.4, -0.2) is 12.6 Å². The van der Waals surface area contributed by atoms with Crippen molar-refractivity contribution in [3.8, 4) is 0 Å². The monoisotopic (exact) mass is 411 g/mol. The first-order chi connectivity index (χ1) is 11.7. The number of aromatic nitrogens is 1. The van der Waals surface area contributed by atoms with Gasteiger partial charge >= 0.3 is 5.97 Å². The highest BCUT2D eigenvalue weighted by Crippen LogP contribution is 2.10. The van der Waals surface area contributed by atoms with Gasteiger partial charge in [-0.2, -0.15) is 0 Å². The van der Waals surface area contributed by atoms with Crippen LogP contribution in [0.15, 0.2) is 37.1 Å². The molecule has 0 aliphatic rings. The number of nitrogens with zero attached hydrogens (tertiary/aromatic N) is 1.